The minimum Gasteiger partial charge on any atom is -0.497 e. The lowest BCUT2D eigenvalue weighted by atomic mass is 10.2. The molecule has 122 valence electrons. The molecule has 0 spiro atoms. The van der Waals surface area contributed by atoms with Gasteiger partial charge in [0.2, 0.25) is 0 Å². The van der Waals surface area contributed by atoms with Crippen LogP contribution in [0.2, 0.25) is 0 Å². The van der Waals surface area contributed by atoms with Gasteiger partial charge < -0.3 is 24.8 Å². The third-order valence-corrected chi connectivity index (χ3v) is 3.47. The first-order chi connectivity index (χ1) is 10.7. The Morgan fingerprint density at radius 2 is 2.05 bits per heavy atom. The fraction of sp³-hybridized carbons (Fsp3) is 0.533. The lowest BCUT2D eigenvalue weighted by Crippen LogP contribution is -2.42. The predicted molar refractivity (Wildman–Crippen MR) is 83.8 cm³/mol. The number of amides is 2. The standard InChI is InChI=1S/C15H23N3O4/c1-20-12-3-4-14(21-2)13(11-12)17-15(19)16-5-6-18-7-9-22-10-8-18/h3-4,11H,5-10H2,1-2H3,(H2,16,17,19). The van der Waals surface area contributed by atoms with Crippen molar-refractivity contribution in [1.29, 1.82) is 0 Å². The highest BCUT2D eigenvalue weighted by molar-refractivity contribution is 5.91. The number of hydrogen-bond acceptors (Lipinski definition) is 5. The molecule has 0 bridgehead atoms. The highest BCUT2D eigenvalue weighted by atomic mass is 16.5. The number of rotatable bonds is 6. The largest absolute Gasteiger partial charge is 0.497 e. The summed E-state index contributed by atoms with van der Waals surface area (Å²) in [7, 11) is 3.14. The van der Waals surface area contributed by atoms with Gasteiger partial charge in [-0.05, 0) is 12.1 Å². The molecule has 0 atom stereocenters. The van der Waals surface area contributed by atoms with Crippen molar-refractivity contribution in [1.82, 2.24) is 10.2 Å². The molecule has 0 saturated carbocycles. The summed E-state index contributed by atoms with van der Waals surface area (Å²) in [5.41, 5.74) is 0.575. The first kappa shape index (κ1) is 16.4. The summed E-state index contributed by atoms with van der Waals surface area (Å²) in [4.78, 5) is 14.2. The molecule has 22 heavy (non-hydrogen) atoms. The lowest BCUT2D eigenvalue weighted by molar-refractivity contribution is 0.0388. The molecule has 7 heteroatoms. The van der Waals surface area contributed by atoms with E-state index in [0.29, 0.717) is 23.7 Å². The number of morpholine rings is 1. The number of carbonyl (C=O) groups is 1. The van der Waals surface area contributed by atoms with Crippen molar-refractivity contribution >= 4 is 11.7 Å². The maximum Gasteiger partial charge on any atom is 0.319 e. The number of urea groups is 1. The summed E-state index contributed by atoms with van der Waals surface area (Å²) in [5.74, 6) is 1.24. The zero-order valence-electron chi connectivity index (χ0n) is 13.1. The van der Waals surface area contributed by atoms with Crippen molar-refractivity contribution in [3.05, 3.63) is 18.2 Å². The number of hydrogen-bond donors (Lipinski definition) is 2. The van der Waals surface area contributed by atoms with Gasteiger partial charge in [-0.25, -0.2) is 4.79 Å². The Hall–Kier alpha value is -1.99. The molecule has 1 fully saturated rings. The minimum absolute atomic E-state index is 0.264. The van der Waals surface area contributed by atoms with Crippen molar-refractivity contribution < 1.29 is 19.0 Å². The molecule has 2 amide bonds. The Labute approximate surface area is 130 Å². The van der Waals surface area contributed by atoms with Gasteiger partial charge in [0.05, 0.1) is 33.1 Å². The number of benzene rings is 1. The molecule has 2 rings (SSSR count). The van der Waals surface area contributed by atoms with Crippen molar-refractivity contribution in [3.63, 3.8) is 0 Å². The number of ether oxygens (including phenoxy) is 3. The van der Waals surface area contributed by atoms with Gasteiger partial charge in [0.15, 0.2) is 0 Å². The molecule has 0 radical (unpaired) electrons. The Kier molecular flexibility index (Phi) is 6.29. The van der Waals surface area contributed by atoms with E-state index < -0.39 is 0 Å². The zero-order valence-corrected chi connectivity index (χ0v) is 13.1. The number of nitrogens with zero attached hydrogens (tertiary/aromatic N) is 1. The van der Waals surface area contributed by atoms with Gasteiger partial charge in [0.1, 0.15) is 11.5 Å². The zero-order chi connectivity index (χ0) is 15.8. The van der Waals surface area contributed by atoms with Crippen LogP contribution in [0.15, 0.2) is 18.2 Å². The molecular weight excluding hydrogens is 286 g/mol. The van der Waals surface area contributed by atoms with Crippen LogP contribution in [0.25, 0.3) is 0 Å². The molecular formula is C15H23N3O4. The van der Waals surface area contributed by atoms with Gasteiger partial charge in [0.25, 0.3) is 0 Å². The molecule has 0 unspecified atom stereocenters. The van der Waals surface area contributed by atoms with E-state index in [1.54, 1.807) is 32.4 Å². The van der Waals surface area contributed by atoms with Gasteiger partial charge in [-0.2, -0.15) is 0 Å². The Bertz CT molecular complexity index is 490. The van der Waals surface area contributed by atoms with Gasteiger partial charge in [0, 0.05) is 32.2 Å². The highest BCUT2D eigenvalue weighted by Gasteiger charge is 2.11. The van der Waals surface area contributed by atoms with E-state index in [4.69, 9.17) is 14.2 Å². The second-order valence-electron chi connectivity index (χ2n) is 4.90. The van der Waals surface area contributed by atoms with E-state index >= 15 is 0 Å². The van der Waals surface area contributed by atoms with Crippen LogP contribution in [0.3, 0.4) is 0 Å². The summed E-state index contributed by atoms with van der Waals surface area (Å²) >= 11 is 0. The molecule has 1 heterocycles. The Morgan fingerprint density at radius 3 is 2.73 bits per heavy atom. The van der Waals surface area contributed by atoms with Crippen molar-refractivity contribution in [2.24, 2.45) is 0 Å². The second-order valence-corrected chi connectivity index (χ2v) is 4.90. The molecule has 1 saturated heterocycles. The fourth-order valence-corrected chi connectivity index (χ4v) is 2.23. The molecule has 0 aromatic heterocycles. The lowest BCUT2D eigenvalue weighted by Gasteiger charge is -2.26. The summed E-state index contributed by atoms with van der Waals surface area (Å²) in [6.07, 6.45) is 0. The third kappa shape index (κ3) is 4.78. The summed E-state index contributed by atoms with van der Waals surface area (Å²) < 4.78 is 15.7. The Morgan fingerprint density at radius 1 is 1.27 bits per heavy atom. The second kappa shape index (κ2) is 8.45. The van der Waals surface area contributed by atoms with Crippen molar-refractivity contribution in [2.45, 2.75) is 0 Å². The molecule has 1 aliphatic rings. The van der Waals surface area contributed by atoms with Crippen LogP contribution in [-0.2, 0) is 4.74 Å². The number of nitrogens with one attached hydrogen (secondary N) is 2. The SMILES string of the molecule is COc1ccc(OC)c(NC(=O)NCCN2CCOCC2)c1. The van der Waals surface area contributed by atoms with E-state index in [9.17, 15) is 4.79 Å². The fourth-order valence-electron chi connectivity index (χ4n) is 2.23. The van der Waals surface area contributed by atoms with Crippen LogP contribution < -0.4 is 20.1 Å². The maximum atomic E-state index is 12.0. The van der Waals surface area contributed by atoms with Crippen molar-refractivity contribution in [3.8, 4) is 11.5 Å². The van der Waals surface area contributed by atoms with E-state index in [2.05, 4.69) is 15.5 Å². The van der Waals surface area contributed by atoms with E-state index in [1.165, 1.54) is 0 Å². The first-order valence-corrected chi connectivity index (χ1v) is 7.30. The predicted octanol–water partition coefficient (Wildman–Crippen LogP) is 1.16. The smallest absolute Gasteiger partial charge is 0.319 e. The van der Waals surface area contributed by atoms with E-state index in [0.717, 1.165) is 32.8 Å². The summed E-state index contributed by atoms with van der Waals surface area (Å²) in [6.45, 7) is 4.73. The van der Waals surface area contributed by atoms with Crippen LogP contribution in [-0.4, -0.2) is 64.5 Å². The molecule has 2 N–H and O–H groups in total. The van der Waals surface area contributed by atoms with Crippen LogP contribution in [0.1, 0.15) is 0 Å². The molecule has 0 aliphatic carbocycles. The van der Waals surface area contributed by atoms with Gasteiger partial charge in [-0.3, -0.25) is 4.90 Å². The van der Waals surface area contributed by atoms with Crippen molar-refractivity contribution in [2.75, 3.05) is 58.9 Å². The molecule has 1 aliphatic heterocycles. The number of carbonyl (C=O) groups excluding carboxylic acids is 1. The minimum atomic E-state index is -0.264. The first-order valence-electron chi connectivity index (χ1n) is 7.30. The van der Waals surface area contributed by atoms with E-state index in [1.807, 2.05) is 0 Å². The molecule has 1 aromatic carbocycles. The van der Waals surface area contributed by atoms with Crippen LogP contribution in [0.5, 0.6) is 11.5 Å². The molecule has 1 aromatic rings. The third-order valence-electron chi connectivity index (χ3n) is 3.47. The summed E-state index contributed by atoms with van der Waals surface area (Å²) in [6, 6.07) is 4.99. The van der Waals surface area contributed by atoms with E-state index in [-0.39, 0.29) is 6.03 Å². The van der Waals surface area contributed by atoms with Crippen LogP contribution in [0.4, 0.5) is 10.5 Å². The average molecular weight is 309 g/mol. The topological polar surface area (TPSA) is 72.1 Å². The summed E-state index contributed by atoms with van der Waals surface area (Å²) in [5, 5.41) is 5.61. The Balaban J connectivity index is 1.80. The number of anilines is 1. The highest BCUT2D eigenvalue weighted by Crippen LogP contribution is 2.28. The van der Waals surface area contributed by atoms with Crippen LogP contribution in [0, 0.1) is 0 Å². The quantitative estimate of drug-likeness (QED) is 0.825. The maximum absolute atomic E-state index is 12.0. The van der Waals surface area contributed by atoms with Crippen LogP contribution >= 0.6 is 0 Å². The van der Waals surface area contributed by atoms with Gasteiger partial charge in [-0.15, -0.1) is 0 Å². The monoisotopic (exact) mass is 309 g/mol. The normalized spacial score (nSPS) is 15.2. The molecule has 7 nitrogen and oxygen atoms in total. The van der Waals surface area contributed by atoms with Gasteiger partial charge >= 0.3 is 6.03 Å². The average Bonchev–Trinajstić information content (AvgIpc) is 2.55. The van der Waals surface area contributed by atoms with Gasteiger partial charge in [-0.1, -0.05) is 0 Å². The number of methoxy groups -OCH3 is 2.